The number of amides is 1. The Labute approximate surface area is 101 Å². The van der Waals surface area contributed by atoms with E-state index in [9.17, 15) is 4.79 Å². The average molecular weight is 231 g/mol. The van der Waals surface area contributed by atoms with Crippen LogP contribution in [0.1, 0.15) is 19.3 Å². The molecule has 1 amide bonds. The van der Waals surface area contributed by atoms with E-state index in [0.29, 0.717) is 11.8 Å². The Morgan fingerprint density at radius 3 is 2.65 bits per heavy atom. The van der Waals surface area contributed by atoms with Gasteiger partial charge in [-0.3, -0.25) is 4.79 Å². The van der Waals surface area contributed by atoms with Crippen molar-refractivity contribution in [2.24, 2.45) is 5.92 Å². The third-order valence-corrected chi connectivity index (χ3v) is 3.43. The van der Waals surface area contributed by atoms with Crippen LogP contribution in [-0.2, 0) is 4.79 Å². The Bertz CT molecular complexity index is 400. The lowest BCUT2D eigenvalue weighted by molar-refractivity contribution is -0.131. The topological polar surface area (TPSA) is 29.5 Å². The van der Waals surface area contributed by atoms with Crippen LogP contribution in [0.2, 0.25) is 0 Å². The van der Waals surface area contributed by atoms with Gasteiger partial charge in [-0.05, 0) is 25.0 Å². The molecule has 1 aliphatic carbocycles. The first kappa shape index (κ1) is 10.6. The van der Waals surface area contributed by atoms with Crippen LogP contribution in [-0.4, -0.2) is 30.0 Å². The van der Waals surface area contributed by atoms with Crippen LogP contribution >= 0.6 is 0 Å². The van der Waals surface area contributed by atoms with Gasteiger partial charge >= 0.3 is 0 Å². The number of ether oxygens (including phenoxy) is 1. The normalized spacial score (nSPS) is 23.8. The number of hydrogen-bond donors (Lipinski definition) is 0. The van der Waals surface area contributed by atoms with E-state index in [1.54, 1.807) is 0 Å². The van der Waals surface area contributed by atoms with Crippen LogP contribution in [0, 0.1) is 5.92 Å². The van der Waals surface area contributed by atoms with Gasteiger partial charge in [0.25, 0.3) is 0 Å². The minimum atomic E-state index is 0.167. The van der Waals surface area contributed by atoms with Crippen molar-refractivity contribution in [3.63, 3.8) is 0 Å². The predicted molar refractivity (Wildman–Crippen MR) is 64.8 cm³/mol. The van der Waals surface area contributed by atoms with Crippen molar-refractivity contribution < 1.29 is 9.53 Å². The summed E-state index contributed by atoms with van der Waals surface area (Å²) in [5.41, 5.74) is 0. The smallest absolute Gasteiger partial charge is 0.225 e. The monoisotopic (exact) mass is 231 g/mol. The lowest BCUT2D eigenvalue weighted by Crippen LogP contribution is -2.31. The standard InChI is InChI=1S/C14H17NO2/c16-14(11-6-7-11)15-9-8-13(10-15)17-12-4-2-1-3-5-12/h1-5,11,13H,6-10H2. The summed E-state index contributed by atoms with van der Waals surface area (Å²) in [6.07, 6.45) is 3.28. The van der Waals surface area contributed by atoms with Gasteiger partial charge in [0, 0.05) is 18.9 Å². The molecule has 1 saturated heterocycles. The number of para-hydroxylation sites is 1. The lowest BCUT2D eigenvalue weighted by atomic mass is 10.3. The maximum atomic E-state index is 11.9. The molecule has 1 heterocycles. The molecular weight excluding hydrogens is 214 g/mol. The molecule has 1 atom stereocenters. The van der Waals surface area contributed by atoms with E-state index in [1.807, 2.05) is 35.2 Å². The summed E-state index contributed by atoms with van der Waals surface area (Å²) in [6, 6.07) is 9.84. The molecule has 0 spiro atoms. The van der Waals surface area contributed by atoms with E-state index in [2.05, 4.69) is 0 Å². The van der Waals surface area contributed by atoms with Crippen molar-refractivity contribution >= 4 is 5.91 Å². The highest BCUT2D eigenvalue weighted by Crippen LogP contribution is 2.32. The van der Waals surface area contributed by atoms with Crippen LogP contribution in [0.4, 0.5) is 0 Å². The van der Waals surface area contributed by atoms with Crippen LogP contribution in [0.15, 0.2) is 30.3 Å². The fourth-order valence-corrected chi connectivity index (χ4v) is 2.30. The molecule has 2 fully saturated rings. The molecule has 0 bridgehead atoms. The molecule has 90 valence electrons. The highest BCUT2D eigenvalue weighted by molar-refractivity contribution is 5.81. The number of rotatable bonds is 3. The Kier molecular flexibility index (Phi) is 2.75. The second-order valence-electron chi connectivity index (χ2n) is 4.90. The van der Waals surface area contributed by atoms with E-state index in [1.165, 1.54) is 0 Å². The lowest BCUT2D eigenvalue weighted by Gasteiger charge is -2.17. The van der Waals surface area contributed by atoms with Gasteiger partial charge < -0.3 is 9.64 Å². The largest absolute Gasteiger partial charge is 0.489 e. The molecule has 1 aromatic carbocycles. The molecule has 2 aliphatic rings. The van der Waals surface area contributed by atoms with Gasteiger partial charge in [0.2, 0.25) is 5.91 Å². The molecule has 0 radical (unpaired) electrons. The van der Waals surface area contributed by atoms with Gasteiger partial charge in [-0.15, -0.1) is 0 Å². The number of carbonyl (C=O) groups is 1. The molecule has 3 nitrogen and oxygen atoms in total. The van der Waals surface area contributed by atoms with E-state index in [4.69, 9.17) is 4.74 Å². The van der Waals surface area contributed by atoms with Crippen molar-refractivity contribution in [2.45, 2.75) is 25.4 Å². The van der Waals surface area contributed by atoms with E-state index in [0.717, 1.165) is 38.1 Å². The van der Waals surface area contributed by atoms with E-state index >= 15 is 0 Å². The van der Waals surface area contributed by atoms with Crippen LogP contribution in [0.3, 0.4) is 0 Å². The van der Waals surface area contributed by atoms with Crippen LogP contribution in [0.5, 0.6) is 5.75 Å². The minimum Gasteiger partial charge on any atom is -0.489 e. The zero-order chi connectivity index (χ0) is 11.7. The van der Waals surface area contributed by atoms with Crippen LogP contribution in [0.25, 0.3) is 0 Å². The Hall–Kier alpha value is -1.51. The summed E-state index contributed by atoms with van der Waals surface area (Å²) < 4.78 is 5.86. The summed E-state index contributed by atoms with van der Waals surface area (Å²) in [7, 11) is 0. The molecule has 0 aromatic heterocycles. The van der Waals surface area contributed by atoms with Crippen LogP contribution < -0.4 is 4.74 Å². The number of carbonyl (C=O) groups excluding carboxylic acids is 1. The SMILES string of the molecule is O=C(C1CC1)N1CCC(Oc2ccccc2)C1. The molecule has 1 saturated carbocycles. The molecule has 0 N–H and O–H groups in total. The van der Waals surface area contributed by atoms with Gasteiger partial charge in [-0.25, -0.2) is 0 Å². The highest BCUT2D eigenvalue weighted by atomic mass is 16.5. The molecule has 1 aromatic rings. The first-order chi connectivity index (χ1) is 8.33. The molecule has 3 rings (SSSR count). The van der Waals surface area contributed by atoms with Crippen molar-refractivity contribution in [3.8, 4) is 5.75 Å². The van der Waals surface area contributed by atoms with Gasteiger partial charge in [-0.1, -0.05) is 18.2 Å². The van der Waals surface area contributed by atoms with Gasteiger partial charge in [-0.2, -0.15) is 0 Å². The average Bonchev–Trinajstić information content (AvgIpc) is 3.11. The zero-order valence-electron chi connectivity index (χ0n) is 9.84. The first-order valence-electron chi connectivity index (χ1n) is 6.33. The molecule has 17 heavy (non-hydrogen) atoms. The summed E-state index contributed by atoms with van der Waals surface area (Å²) in [5.74, 6) is 1.56. The van der Waals surface area contributed by atoms with Crippen molar-refractivity contribution in [1.29, 1.82) is 0 Å². The number of likely N-dealkylation sites (tertiary alicyclic amines) is 1. The third-order valence-electron chi connectivity index (χ3n) is 3.43. The molecule has 1 aliphatic heterocycles. The Morgan fingerprint density at radius 1 is 1.18 bits per heavy atom. The molecule has 3 heteroatoms. The summed E-state index contributed by atoms with van der Waals surface area (Å²) in [6.45, 7) is 1.61. The zero-order valence-corrected chi connectivity index (χ0v) is 9.84. The quantitative estimate of drug-likeness (QED) is 0.797. The second-order valence-corrected chi connectivity index (χ2v) is 4.90. The van der Waals surface area contributed by atoms with E-state index < -0.39 is 0 Å². The Balaban J connectivity index is 1.55. The minimum absolute atomic E-state index is 0.167. The first-order valence-corrected chi connectivity index (χ1v) is 6.33. The van der Waals surface area contributed by atoms with E-state index in [-0.39, 0.29) is 6.10 Å². The molecular formula is C14H17NO2. The van der Waals surface area contributed by atoms with Crippen molar-refractivity contribution in [1.82, 2.24) is 4.90 Å². The summed E-state index contributed by atoms with van der Waals surface area (Å²) in [5, 5.41) is 0. The third kappa shape index (κ3) is 2.43. The van der Waals surface area contributed by atoms with Crippen molar-refractivity contribution in [3.05, 3.63) is 30.3 Å². The number of hydrogen-bond acceptors (Lipinski definition) is 2. The summed E-state index contributed by atoms with van der Waals surface area (Å²) >= 11 is 0. The Morgan fingerprint density at radius 2 is 1.94 bits per heavy atom. The molecule has 1 unspecified atom stereocenters. The summed E-state index contributed by atoms with van der Waals surface area (Å²) in [4.78, 5) is 13.8. The maximum absolute atomic E-state index is 11.9. The maximum Gasteiger partial charge on any atom is 0.225 e. The number of benzene rings is 1. The van der Waals surface area contributed by atoms with Gasteiger partial charge in [0.05, 0.1) is 6.54 Å². The fraction of sp³-hybridized carbons (Fsp3) is 0.500. The fourth-order valence-electron chi connectivity index (χ4n) is 2.30. The highest BCUT2D eigenvalue weighted by Gasteiger charge is 2.37. The number of nitrogens with zero attached hydrogens (tertiary/aromatic N) is 1. The predicted octanol–water partition coefficient (Wildman–Crippen LogP) is 2.08. The van der Waals surface area contributed by atoms with Gasteiger partial charge in [0.15, 0.2) is 0 Å². The second kappa shape index (κ2) is 4.40. The van der Waals surface area contributed by atoms with Gasteiger partial charge in [0.1, 0.15) is 11.9 Å². The van der Waals surface area contributed by atoms with Crippen molar-refractivity contribution in [2.75, 3.05) is 13.1 Å².